The first kappa shape index (κ1) is 25.6. The van der Waals surface area contributed by atoms with Crippen LogP contribution in [0.15, 0.2) is 79.0 Å². The molecule has 4 aromatic rings. The minimum absolute atomic E-state index is 0.0238. The normalized spacial score (nSPS) is 14.6. The molecular formula is C30H31FN4O3. The highest BCUT2D eigenvalue weighted by Crippen LogP contribution is 2.37. The molecule has 1 aromatic heterocycles. The molecule has 8 heteroatoms. The molecule has 5 rings (SSSR count). The van der Waals surface area contributed by atoms with Gasteiger partial charge in [0.1, 0.15) is 5.82 Å². The molecule has 0 radical (unpaired) electrons. The monoisotopic (exact) mass is 514 g/mol. The number of amides is 1. The van der Waals surface area contributed by atoms with Crippen molar-refractivity contribution in [2.24, 2.45) is 0 Å². The van der Waals surface area contributed by atoms with E-state index in [1.54, 1.807) is 18.2 Å². The molecule has 1 atom stereocenters. The number of hydrogen-bond donors (Lipinski definition) is 1. The van der Waals surface area contributed by atoms with Crippen LogP contribution in [-0.4, -0.2) is 46.5 Å². The van der Waals surface area contributed by atoms with Gasteiger partial charge in [0.25, 0.3) is 5.69 Å². The van der Waals surface area contributed by atoms with Crippen LogP contribution in [0.5, 0.6) is 0 Å². The van der Waals surface area contributed by atoms with Crippen LogP contribution in [0.25, 0.3) is 10.9 Å². The van der Waals surface area contributed by atoms with E-state index in [0.29, 0.717) is 24.0 Å². The van der Waals surface area contributed by atoms with Crippen LogP contribution >= 0.6 is 0 Å². The van der Waals surface area contributed by atoms with E-state index in [9.17, 15) is 19.3 Å². The number of nitrogens with one attached hydrogen (secondary N) is 1. The molecule has 1 N–H and O–H groups in total. The molecule has 1 amide bonds. The van der Waals surface area contributed by atoms with Gasteiger partial charge >= 0.3 is 0 Å². The fourth-order valence-electron chi connectivity index (χ4n) is 5.36. The van der Waals surface area contributed by atoms with Crippen molar-refractivity contribution < 1.29 is 14.1 Å². The summed E-state index contributed by atoms with van der Waals surface area (Å²) < 4.78 is 16.4. The van der Waals surface area contributed by atoms with E-state index in [1.165, 1.54) is 31.0 Å². The maximum absolute atomic E-state index is 14.3. The van der Waals surface area contributed by atoms with Crippen molar-refractivity contribution in [3.05, 3.63) is 112 Å². The van der Waals surface area contributed by atoms with Gasteiger partial charge in [-0.1, -0.05) is 42.5 Å². The van der Waals surface area contributed by atoms with Crippen molar-refractivity contribution in [3.63, 3.8) is 0 Å². The molecule has 1 aliphatic rings. The van der Waals surface area contributed by atoms with Crippen molar-refractivity contribution in [3.8, 4) is 0 Å². The Morgan fingerprint density at radius 1 is 1.03 bits per heavy atom. The molecule has 1 saturated heterocycles. The van der Waals surface area contributed by atoms with Crippen LogP contribution in [0.4, 0.5) is 10.1 Å². The summed E-state index contributed by atoms with van der Waals surface area (Å²) in [5.41, 5.74) is 3.30. The zero-order valence-electron chi connectivity index (χ0n) is 21.2. The lowest BCUT2D eigenvalue weighted by Crippen LogP contribution is -2.34. The SMILES string of the molecule is O=C(C[C@H](c1cccc(F)c1)c1cn(Cc2ccccc2)c2ccc([N+](=O)[O-])cc12)NCCN1CCCC1. The van der Waals surface area contributed by atoms with Gasteiger partial charge in [-0.25, -0.2) is 4.39 Å². The first-order chi connectivity index (χ1) is 18.5. The van der Waals surface area contributed by atoms with Crippen LogP contribution in [0.2, 0.25) is 0 Å². The van der Waals surface area contributed by atoms with Gasteiger partial charge in [-0.05, 0) is 60.8 Å². The summed E-state index contributed by atoms with van der Waals surface area (Å²) in [6, 6.07) is 21.0. The van der Waals surface area contributed by atoms with E-state index in [-0.39, 0.29) is 23.8 Å². The molecule has 0 unspecified atom stereocenters. The molecule has 0 aliphatic carbocycles. The van der Waals surface area contributed by atoms with Gasteiger partial charge in [-0.15, -0.1) is 0 Å². The van der Waals surface area contributed by atoms with Crippen LogP contribution in [-0.2, 0) is 11.3 Å². The number of hydrogen-bond acceptors (Lipinski definition) is 4. The molecule has 0 bridgehead atoms. The zero-order valence-corrected chi connectivity index (χ0v) is 21.2. The number of nitro groups is 1. The van der Waals surface area contributed by atoms with Crippen molar-refractivity contribution in [1.29, 1.82) is 0 Å². The third-order valence-electron chi connectivity index (χ3n) is 7.27. The lowest BCUT2D eigenvalue weighted by atomic mass is 9.88. The topological polar surface area (TPSA) is 80.4 Å². The summed E-state index contributed by atoms with van der Waals surface area (Å²) in [5.74, 6) is -0.993. The number of carbonyl (C=O) groups excluding carboxylic acids is 1. The first-order valence-electron chi connectivity index (χ1n) is 13.0. The number of likely N-dealkylation sites (tertiary alicyclic amines) is 1. The second kappa shape index (κ2) is 11.6. The molecule has 2 heterocycles. The number of aromatic nitrogens is 1. The Balaban J connectivity index is 1.51. The molecule has 3 aromatic carbocycles. The van der Waals surface area contributed by atoms with E-state index in [4.69, 9.17) is 0 Å². The Morgan fingerprint density at radius 3 is 2.55 bits per heavy atom. The fraction of sp³-hybridized carbons (Fsp3) is 0.300. The summed E-state index contributed by atoms with van der Waals surface area (Å²) in [7, 11) is 0. The lowest BCUT2D eigenvalue weighted by molar-refractivity contribution is -0.384. The number of non-ortho nitro benzene ring substituents is 1. The summed E-state index contributed by atoms with van der Waals surface area (Å²) in [5, 5.41) is 15.3. The number of fused-ring (bicyclic) bond motifs is 1. The molecule has 0 spiro atoms. The van der Waals surface area contributed by atoms with Crippen molar-refractivity contribution in [2.45, 2.75) is 31.7 Å². The molecule has 1 aliphatic heterocycles. The Morgan fingerprint density at radius 2 is 1.82 bits per heavy atom. The maximum atomic E-state index is 14.3. The second-order valence-corrected chi connectivity index (χ2v) is 9.87. The summed E-state index contributed by atoms with van der Waals surface area (Å²) >= 11 is 0. The molecule has 38 heavy (non-hydrogen) atoms. The van der Waals surface area contributed by atoms with E-state index in [1.807, 2.05) is 47.2 Å². The van der Waals surface area contributed by atoms with E-state index in [2.05, 4.69) is 10.2 Å². The Bertz CT molecular complexity index is 1430. The van der Waals surface area contributed by atoms with Crippen LogP contribution in [0, 0.1) is 15.9 Å². The van der Waals surface area contributed by atoms with Crippen molar-refractivity contribution in [2.75, 3.05) is 26.2 Å². The molecule has 7 nitrogen and oxygen atoms in total. The van der Waals surface area contributed by atoms with Crippen LogP contribution in [0.3, 0.4) is 0 Å². The van der Waals surface area contributed by atoms with Gasteiger partial charge in [0.15, 0.2) is 0 Å². The lowest BCUT2D eigenvalue weighted by Gasteiger charge is -2.19. The van der Waals surface area contributed by atoms with Crippen LogP contribution < -0.4 is 5.32 Å². The maximum Gasteiger partial charge on any atom is 0.270 e. The van der Waals surface area contributed by atoms with Gasteiger partial charge in [-0.3, -0.25) is 14.9 Å². The number of rotatable bonds is 10. The van der Waals surface area contributed by atoms with Gasteiger partial charge in [0.05, 0.1) is 4.92 Å². The second-order valence-electron chi connectivity index (χ2n) is 9.87. The Labute approximate surface area is 221 Å². The third kappa shape index (κ3) is 5.92. The number of benzene rings is 3. The molecule has 196 valence electrons. The Hall–Kier alpha value is -4.04. The highest BCUT2D eigenvalue weighted by atomic mass is 19.1. The average Bonchev–Trinajstić information content (AvgIpc) is 3.56. The quantitative estimate of drug-likeness (QED) is 0.225. The van der Waals surface area contributed by atoms with E-state index >= 15 is 0 Å². The highest BCUT2D eigenvalue weighted by molar-refractivity contribution is 5.88. The van der Waals surface area contributed by atoms with Crippen molar-refractivity contribution >= 4 is 22.5 Å². The van der Waals surface area contributed by atoms with Gasteiger partial charge in [0, 0.05) is 61.2 Å². The number of nitrogens with zero attached hydrogens (tertiary/aromatic N) is 3. The van der Waals surface area contributed by atoms with Crippen LogP contribution in [0.1, 0.15) is 41.9 Å². The standard InChI is InChI=1S/C30H31FN4O3/c31-24-10-6-9-23(17-24)26(19-30(36)32-13-16-33-14-4-5-15-33)28-21-34(20-22-7-2-1-3-8-22)29-12-11-25(35(37)38)18-27(28)29/h1-3,6-12,17-18,21,26H,4-5,13-16,19-20H2,(H,32,36)/t26-/m1/s1. The summed E-state index contributed by atoms with van der Waals surface area (Å²) in [6.45, 7) is 4.03. The number of carbonyl (C=O) groups is 1. The molecule has 0 saturated carbocycles. The Kier molecular flexibility index (Phi) is 7.79. The third-order valence-corrected chi connectivity index (χ3v) is 7.27. The predicted molar refractivity (Wildman–Crippen MR) is 146 cm³/mol. The van der Waals surface area contributed by atoms with E-state index < -0.39 is 10.8 Å². The predicted octanol–water partition coefficient (Wildman–Crippen LogP) is 5.47. The highest BCUT2D eigenvalue weighted by Gasteiger charge is 2.25. The zero-order chi connectivity index (χ0) is 26.5. The van der Waals surface area contributed by atoms with Gasteiger partial charge in [0.2, 0.25) is 5.91 Å². The first-order valence-corrected chi connectivity index (χ1v) is 13.0. The van der Waals surface area contributed by atoms with Crippen molar-refractivity contribution in [1.82, 2.24) is 14.8 Å². The minimum atomic E-state index is -0.473. The summed E-state index contributed by atoms with van der Waals surface area (Å²) in [6.07, 6.45) is 4.44. The molecule has 1 fully saturated rings. The minimum Gasteiger partial charge on any atom is -0.355 e. The largest absolute Gasteiger partial charge is 0.355 e. The van der Waals surface area contributed by atoms with Gasteiger partial charge in [-0.2, -0.15) is 0 Å². The smallest absolute Gasteiger partial charge is 0.270 e. The number of nitro benzene ring substituents is 1. The number of halogens is 1. The fourth-order valence-corrected chi connectivity index (χ4v) is 5.36. The average molecular weight is 515 g/mol. The van der Waals surface area contributed by atoms with E-state index in [0.717, 1.165) is 36.3 Å². The molecular weight excluding hydrogens is 483 g/mol. The summed E-state index contributed by atoms with van der Waals surface area (Å²) in [4.78, 5) is 26.7. The van der Waals surface area contributed by atoms with Gasteiger partial charge < -0.3 is 14.8 Å².